The van der Waals surface area contributed by atoms with Gasteiger partial charge in [-0.15, -0.1) is 0 Å². The van der Waals surface area contributed by atoms with Crippen molar-refractivity contribution >= 4 is 17.6 Å². The average Bonchev–Trinajstić information content (AvgIpc) is 3.04. The molecular weight excluding hydrogens is 447 g/mol. The zero-order chi connectivity index (χ0) is 22.9. The highest BCUT2D eigenvalue weighted by Gasteiger charge is 2.35. The summed E-state index contributed by atoms with van der Waals surface area (Å²) in [7, 11) is 0. The van der Waals surface area contributed by atoms with Crippen molar-refractivity contribution in [2.75, 3.05) is 6.61 Å². The highest BCUT2D eigenvalue weighted by Crippen LogP contribution is 2.38. The molecule has 10 heteroatoms. The van der Waals surface area contributed by atoms with Crippen LogP contribution in [0.1, 0.15) is 52.0 Å². The second-order valence-electron chi connectivity index (χ2n) is 7.45. The zero-order valence-corrected chi connectivity index (χ0v) is 17.6. The molecule has 2 aromatic heterocycles. The van der Waals surface area contributed by atoms with Gasteiger partial charge in [0.1, 0.15) is 0 Å². The number of halogens is 4. The van der Waals surface area contributed by atoms with Gasteiger partial charge in [0.2, 0.25) is 5.88 Å². The van der Waals surface area contributed by atoms with Gasteiger partial charge < -0.3 is 9.84 Å². The van der Waals surface area contributed by atoms with Crippen LogP contribution < -0.4 is 4.74 Å². The maximum Gasteiger partial charge on any atom is 0.416 e. The van der Waals surface area contributed by atoms with E-state index < -0.39 is 17.7 Å². The molecule has 3 aromatic rings. The van der Waals surface area contributed by atoms with Gasteiger partial charge >= 0.3 is 12.1 Å². The molecule has 4 rings (SSSR count). The van der Waals surface area contributed by atoms with Gasteiger partial charge in [-0.2, -0.15) is 23.0 Å². The van der Waals surface area contributed by atoms with Crippen LogP contribution in [0.4, 0.5) is 13.2 Å². The second kappa shape index (κ2) is 8.82. The molecule has 0 aliphatic carbocycles. The third-order valence-corrected chi connectivity index (χ3v) is 5.66. The zero-order valence-electron chi connectivity index (χ0n) is 16.8. The van der Waals surface area contributed by atoms with E-state index in [1.54, 1.807) is 0 Å². The summed E-state index contributed by atoms with van der Waals surface area (Å²) in [4.78, 5) is 15.3. The van der Waals surface area contributed by atoms with Crippen LogP contribution in [0.25, 0.3) is 5.82 Å². The largest absolute Gasteiger partial charge is 0.478 e. The fourth-order valence-corrected chi connectivity index (χ4v) is 3.97. The van der Waals surface area contributed by atoms with E-state index >= 15 is 0 Å². The number of ether oxygens (including phenoxy) is 1. The number of hydrogen-bond acceptors (Lipinski definition) is 4. The number of aromatic nitrogens is 3. The van der Waals surface area contributed by atoms with Crippen molar-refractivity contribution in [2.45, 2.75) is 38.3 Å². The van der Waals surface area contributed by atoms with Crippen LogP contribution in [0.3, 0.4) is 0 Å². The lowest BCUT2D eigenvalue weighted by Gasteiger charge is -2.15. The second-order valence-corrected chi connectivity index (χ2v) is 7.86. The summed E-state index contributed by atoms with van der Waals surface area (Å²) in [6, 6.07) is 6.57. The van der Waals surface area contributed by atoms with Crippen molar-refractivity contribution in [1.29, 1.82) is 0 Å². The molecule has 0 bridgehead atoms. The molecule has 32 heavy (non-hydrogen) atoms. The minimum Gasteiger partial charge on any atom is -0.478 e. The van der Waals surface area contributed by atoms with Gasteiger partial charge in [0.05, 0.1) is 23.4 Å². The van der Waals surface area contributed by atoms with E-state index in [0.29, 0.717) is 36.0 Å². The van der Waals surface area contributed by atoms with E-state index in [1.807, 2.05) is 0 Å². The van der Waals surface area contributed by atoms with E-state index in [0.717, 1.165) is 25.3 Å². The Morgan fingerprint density at radius 3 is 2.69 bits per heavy atom. The summed E-state index contributed by atoms with van der Waals surface area (Å²) in [6.45, 7) is 0.436. The highest BCUT2D eigenvalue weighted by atomic mass is 35.5. The van der Waals surface area contributed by atoms with Gasteiger partial charge in [0, 0.05) is 23.2 Å². The maximum atomic E-state index is 13.6. The van der Waals surface area contributed by atoms with Crippen molar-refractivity contribution in [1.82, 2.24) is 14.8 Å². The molecule has 1 aromatic carbocycles. The molecule has 3 heterocycles. The number of carboxylic acid groups (broad SMARTS) is 1. The van der Waals surface area contributed by atoms with Gasteiger partial charge in [-0.1, -0.05) is 17.7 Å². The fourth-order valence-electron chi connectivity index (χ4n) is 3.73. The minimum absolute atomic E-state index is 0.0100. The normalized spacial score (nSPS) is 14.2. The summed E-state index contributed by atoms with van der Waals surface area (Å²) >= 11 is 6.16. The van der Waals surface area contributed by atoms with Crippen LogP contribution in [0.5, 0.6) is 5.88 Å². The van der Waals surface area contributed by atoms with Crippen molar-refractivity contribution in [3.8, 4) is 11.7 Å². The van der Waals surface area contributed by atoms with Crippen LogP contribution in [0, 0.1) is 0 Å². The third-order valence-electron chi connectivity index (χ3n) is 5.31. The van der Waals surface area contributed by atoms with Crippen molar-refractivity contribution in [3.05, 3.63) is 69.5 Å². The lowest BCUT2D eigenvalue weighted by Crippen LogP contribution is -2.11. The molecular formula is C22H19ClF3N3O3. The molecule has 1 N–H and O–H groups in total. The van der Waals surface area contributed by atoms with Crippen LogP contribution in [-0.2, 0) is 19.0 Å². The van der Waals surface area contributed by atoms with Crippen molar-refractivity contribution in [3.63, 3.8) is 0 Å². The molecule has 0 spiro atoms. The number of aromatic carboxylic acids is 1. The number of rotatable bonds is 4. The van der Waals surface area contributed by atoms with E-state index in [1.165, 1.54) is 35.1 Å². The monoisotopic (exact) mass is 465 g/mol. The number of benzene rings is 1. The summed E-state index contributed by atoms with van der Waals surface area (Å²) in [6.07, 6.45) is -0.283. The molecule has 0 unspecified atom stereocenters. The molecule has 6 nitrogen and oxygen atoms in total. The maximum absolute atomic E-state index is 13.6. The predicted octanol–water partition coefficient (Wildman–Crippen LogP) is 5.33. The molecule has 0 amide bonds. The lowest BCUT2D eigenvalue weighted by atomic mass is 9.98. The Balaban J connectivity index is 1.82. The van der Waals surface area contributed by atoms with Crippen LogP contribution in [0.15, 0.2) is 36.5 Å². The Morgan fingerprint density at radius 1 is 1.19 bits per heavy atom. The van der Waals surface area contributed by atoms with E-state index in [9.17, 15) is 18.0 Å². The molecule has 0 fully saturated rings. The molecule has 0 saturated carbocycles. The molecule has 1 aliphatic heterocycles. The first-order valence-corrected chi connectivity index (χ1v) is 10.4. The summed E-state index contributed by atoms with van der Waals surface area (Å²) in [5, 5.41) is 13.6. The highest BCUT2D eigenvalue weighted by molar-refractivity contribution is 6.31. The topological polar surface area (TPSA) is 77.2 Å². The fraction of sp³-hybridized carbons (Fsp3) is 0.318. The van der Waals surface area contributed by atoms with E-state index in [2.05, 4.69) is 10.1 Å². The quantitative estimate of drug-likeness (QED) is 0.563. The Kier molecular flexibility index (Phi) is 6.10. The van der Waals surface area contributed by atoms with Crippen molar-refractivity contribution in [2.24, 2.45) is 0 Å². The summed E-state index contributed by atoms with van der Waals surface area (Å²) in [5.74, 6) is -0.390. The SMILES string of the molecule is O=C(O)c1ccc(-n2nc(Cc3c(Cl)cccc3C(F)(F)F)c3c2OCCCCC3)nc1. The average molecular weight is 466 g/mol. The predicted molar refractivity (Wildman–Crippen MR) is 111 cm³/mol. The van der Waals surface area contributed by atoms with Crippen LogP contribution in [0.2, 0.25) is 5.02 Å². The Hall–Kier alpha value is -3.07. The molecule has 0 saturated heterocycles. The van der Waals surface area contributed by atoms with Gasteiger partial charge in [-0.25, -0.2) is 9.78 Å². The lowest BCUT2D eigenvalue weighted by molar-refractivity contribution is -0.138. The first kappa shape index (κ1) is 22.1. The van der Waals surface area contributed by atoms with Gasteiger partial charge in [-0.3, -0.25) is 0 Å². The Bertz CT molecular complexity index is 1140. The number of nitrogens with zero attached hydrogens (tertiary/aromatic N) is 3. The molecule has 0 radical (unpaired) electrons. The number of alkyl halides is 3. The number of carboxylic acids is 1. The van der Waals surface area contributed by atoms with Gasteiger partial charge in [0.25, 0.3) is 0 Å². The van der Waals surface area contributed by atoms with E-state index in [-0.39, 0.29) is 22.6 Å². The summed E-state index contributed by atoms with van der Waals surface area (Å²) < 4.78 is 48.1. The van der Waals surface area contributed by atoms with Gasteiger partial charge in [0.15, 0.2) is 5.82 Å². The number of fused-ring (bicyclic) bond motifs is 1. The van der Waals surface area contributed by atoms with E-state index in [4.69, 9.17) is 21.4 Å². The Morgan fingerprint density at radius 2 is 2.00 bits per heavy atom. The minimum atomic E-state index is -4.55. The van der Waals surface area contributed by atoms with Gasteiger partial charge in [-0.05, 0) is 55.5 Å². The third kappa shape index (κ3) is 4.43. The molecule has 168 valence electrons. The van der Waals surface area contributed by atoms with Crippen LogP contribution in [-0.4, -0.2) is 32.4 Å². The van der Waals surface area contributed by atoms with Crippen molar-refractivity contribution < 1.29 is 27.8 Å². The molecule has 0 atom stereocenters. The number of hydrogen-bond donors (Lipinski definition) is 1. The number of carbonyl (C=O) groups is 1. The standard InChI is InChI=1S/C22H19ClF3N3O3/c23-17-7-4-6-16(22(24,25)26)15(17)11-18-14-5-2-1-3-10-32-20(14)29(28-18)19-9-8-13(12-27-19)21(30)31/h4,6-9,12H,1-3,5,10-11H2,(H,30,31). The first-order chi connectivity index (χ1) is 15.3. The smallest absolute Gasteiger partial charge is 0.416 e. The molecule has 1 aliphatic rings. The number of pyridine rings is 1. The summed E-state index contributed by atoms with van der Waals surface area (Å²) in [5.41, 5.74) is 0.289. The Labute approximate surface area is 186 Å². The van der Waals surface area contributed by atoms with Crippen LogP contribution >= 0.6 is 11.6 Å². The first-order valence-electron chi connectivity index (χ1n) is 10.0.